The van der Waals surface area contributed by atoms with Gasteiger partial charge in [-0.1, -0.05) is 13.8 Å². The van der Waals surface area contributed by atoms with Gasteiger partial charge in [0.15, 0.2) is 0 Å². The summed E-state index contributed by atoms with van der Waals surface area (Å²) < 4.78 is 1.39. The maximum Gasteiger partial charge on any atom is 0.335 e. The van der Waals surface area contributed by atoms with Crippen LogP contribution in [-0.2, 0) is 4.79 Å². The summed E-state index contributed by atoms with van der Waals surface area (Å²) in [6.07, 6.45) is 3.36. The molecule has 0 atom stereocenters. The van der Waals surface area contributed by atoms with Gasteiger partial charge in [0, 0.05) is 12.4 Å². The van der Waals surface area contributed by atoms with Crippen LogP contribution < -0.4 is 4.84 Å². The predicted molar refractivity (Wildman–Crippen MR) is 40.9 cm³/mol. The summed E-state index contributed by atoms with van der Waals surface area (Å²) in [6, 6.07) is 3.60. The standard InChI is InChI=1S/C8H11NO2/c1-7(2)8(10)11-9-5-3-4-6-9/h3-7H,1-2H3. The fraction of sp³-hybridized carbons (Fsp3) is 0.375. The number of hydrogen-bond donors (Lipinski definition) is 0. The maximum atomic E-state index is 11.0. The van der Waals surface area contributed by atoms with E-state index in [-0.39, 0.29) is 11.9 Å². The van der Waals surface area contributed by atoms with Gasteiger partial charge >= 0.3 is 5.97 Å². The maximum absolute atomic E-state index is 11.0. The van der Waals surface area contributed by atoms with E-state index in [9.17, 15) is 4.79 Å². The fourth-order valence-corrected chi connectivity index (χ4v) is 0.589. The molecule has 0 spiro atoms. The quantitative estimate of drug-likeness (QED) is 0.637. The minimum atomic E-state index is -0.221. The SMILES string of the molecule is CC(C)C(=O)On1cccc1. The fourth-order valence-electron chi connectivity index (χ4n) is 0.589. The average molecular weight is 153 g/mol. The average Bonchev–Trinajstić information content (AvgIpc) is 2.39. The molecule has 60 valence electrons. The van der Waals surface area contributed by atoms with Crippen molar-refractivity contribution in [3.8, 4) is 0 Å². The van der Waals surface area contributed by atoms with E-state index >= 15 is 0 Å². The molecular weight excluding hydrogens is 142 g/mol. The summed E-state index contributed by atoms with van der Waals surface area (Å²) in [7, 11) is 0. The van der Waals surface area contributed by atoms with E-state index < -0.39 is 0 Å². The molecule has 0 aliphatic heterocycles. The van der Waals surface area contributed by atoms with Crippen LogP contribution in [0, 0.1) is 5.92 Å². The molecule has 0 fully saturated rings. The summed E-state index contributed by atoms with van der Waals surface area (Å²) in [5, 5.41) is 0. The Bertz CT molecular complexity index is 226. The molecule has 3 nitrogen and oxygen atoms in total. The lowest BCUT2D eigenvalue weighted by atomic mass is 10.2. The van der Waals surface area contributed by atoms with Gasteiger partial charge in [-0.2, -0.15) is 4.73 Å². The van der Waals surface area contributed by atoms with Crippen molar-refractivity contribution in [1.82, 2.24) is 4.73 Å². The lowest BCUT2D eigenvalue weighted by Gasteiger charge is -2.05. The van der Waals surface area contributed by atoms with Crippen molar-refractivity contribution >= 4 is 5.97 Å². The minimum absolute atomic E-state index is 0.0857. The number of rotatable bonds is 2. The van der Waals surface area contributed by atoms with Crippen LogP contribution in [0.2, 0.25) is 0 Å². The zero-order valence-corrected chi connectivity index (χ0v) is 6.65. The number of nitrogens with zero attached hydrogens (tertiary/aromatic N) is 1. The molecule has 0 saturated carbocycles. The zero-order chi connectivity index (χ0) is 8.27. The van der Waals surface area contributed by atoms with E-state index in [1.54, 1.807) is 38.4 Å². The molecule has 0 bridgehead atoms. The summed E-state index contributed by atoms with van der Waals surface area (Å²) >= 11 is 0. The van der Waals surface area contributed by atoms with Crippen molar-refractivity contribution in [3.63, 3.8) is 0 Å². The zero-order valence-electron chi connectivity index (χ0n) is 6.65. The molecule has 1 heterocycles. The van der Waals surface area contributed by atoms with Gasteiger partial charge in [-0.05, 0) is 12.1 Å². The molecule has 0 aromatic carbocycles. The second-order valence-corrected chi connectivity index (χ2v) is 2.61. The Morgan fingerprint density at radius 3 is 2.36 bits per heavy atom. The van der Waals surface area contributed by atoms with Gasteiger partial charge in [0.05, 0.1) is 5.92 Å². The highest BCUT2D eigenvalue weighted by Gasteiger charge is 2.08. The van der Waals surface area contributed by atoms with Crippen molar-refractivity contribution < 1.29 is 9.63 Å². The van der Waals surface area contributed by atoms with Crippen molar-refractivity contribution in [2.75, 3.05) is 0 Å². The van der Waals surface area contributed by atoms with Gasteiger partial charge in [-0.25, -0.2) is 4.79 Å². The molecule has 0 amide bonds. The van der Waals surface area contributed by atoms with Crippen LogP contribution in [0.15, 0.2) is 24.5 Å². The van der Waals surface area contributed by atoms with Crippen LogP contribution in [0.25, 0.3) is 0 Å². The second-order valence-electron chi connectivity index (χ2n) is 2.61. The Morgan fingerprint density at radius 2 is 1.91 bits per heavy atom. The van der Waals surface area contributed by atoms with E-state index in [0.29, 0.717) is 0 Å². The third-order valence-corrected chi connectivity index (χ3v) is 1.24. The van der Waals surface area contributed by atoms with Gasteiger partial charge in [-0.3, -0.25) is 0 Å². The number of carbonyl (C=O) groups is 1. The van der Waals surface area contributed by atoms with Gasteiger partial charge in [0.25, 0.3) is 0 Å². The first-order chi connectivity index (χ1) is 5.20. The first-order valence-electron chi connectivity index (χ1n) is 3.55. The monoisotopic (exact) mass is 153 g/mol. The molecule has 0 aliphatic rings. The second kappa shape index (κ2) is 3.23. The van der Waals surface area contributed by atoms with E-state index in [1.807, 2.05) is 0 Å². The van der Waals surface area contributed by atoms with Gasteiger partial charge in [-0.15, -0.1) is 0 Å². The van der Waals surface area contributed by atoms with Crippen LogP contribution >= 0.6 is 0 Å². The predicted octanol–water partition coefficient (Wildman–Crippen LogP) is 1.10. The van der Waals surface area contributed by atoms with Gasteiger partial charge in [0.2, 0.25) is 0 Å². The van der Waals surface area contributed by atoms with Crippen LogP contribution in [0.3, 0.4) is 0 Å². The summed E-state index contributed by atoms with van der Waals surface area (Å²) in [5.74, 6) is -0.307. The molecule has 0 unspecified atom stereocenters. The van der Waals surface area contributed by atoms with Crippen LogP contribution in [0.1, 0.15) is 13.8 Å². The topological polar surface area (TPSA) is 31.2 Å². The lowest BCUT2D eigenvalue weighted by Crippen LogP contribution is -2.22. The highest BCUT2D eigenvalue weighted by molar-refractivity contribution is 5.71. The molecule has 11 heavy (non-hydrogen) atoms. The molecule has 0 aliphatic carbocycles. The molecule has 0 N–H and O–H groups in total. The summed E-state index contributed by atoms with van der Waals surface area (Å²) in [5.41, 5.74) is 0. The lowest BCUT2D eigenvalue weighted by molar-refractivity contribution is -0.147. The van der Waals surface area contributed by atoms with E-state index in [1.165, 1.54) is 4.73 Å². The number of hydrogen-bond acceptors (Lipinski definition) is 2. The van der Waals surface area contributed by atoms with Crippen LogP contribution in [0.4, 0.5) is 0 Å². The van der Waals surface area contributed by atoms with Crippen molar-refractivity contribution in [1.29, 1.82) is 0 Å². The third-order valence-electron chi connectivity index (χ3n) is 1.24. The largest absolute Gasteiger partial charge is 0.337 e. The van der Waals surface area contributed by atoms with Crippen molar-refractivity contribution in [2.45, 2.75) is 13.8 Å². The molecule has 1 rings (SSSR count). The molecule has 3 heteroatoms. The number of aromatic nitrogens is 1. The summed E-state index contributed by atoms with van der Waals surface area (Å²) in [6.45, 7) is 3.59. The normalized spacial score (nSPS) is 10.1. The van der Waals surface area contributed by atoms with Crippen molar-refractivity contribution in [2.24, 2.45) is 5.92 Å². The van der Waals surface area contributed by atoms with Crippen LogP contribution in [0.5, 0.6) is 0 Å². The Hall–Kier alpha value is -1.25. The van der Waals surface area contributed by atoms with E-state index in [0.717, 1.165) is 0 Å². The van der Waals surface area contributed by atoms with E-state index in [4.69, 9.17) is 4.84 Å². The Morgan fingerprint density at radius 1 is 1.36 bits per heavy atom. The third kappa shape index (κ3) is 2.11. The first-order valence-corrected chi connectivity index (χ1v) is 3.55. The number of carbonyl (C=O) groups excluding carboxylic acids is 1. The first kappa shape index (κ1) is 7.85. The Balaban J connectivity index is 2.50. The molecule has 0 saturated heterocycles. The Kier molecular flexibility index (Phi) is 2.31. The molecule has 1 aromatic heterocycles. The molecule has 1 aromatic rings. The highest BCUT2D eigenvalue weighted by Crippen LogP contribution is 1.94. The summed E-state index contributed by atoms with van der Waals surface area (Å²) in [4.78, 5) is 15.9. The van der Waals surface area contributed by atoms with E-state index in [2.05, 4.69) is 0 Å². The van der Waals surface area contributed by atoms with Crippen molar-refractivity contribution in [3.05, 3.63) is 24.5 Å². The highest BCUT2D eigenvalue weighted by atomic mass is 16.7. The van der Waals surface area contributed by atoms with Gasteiger partial charge in [0.1, 0.15) is 0 Å². The Labute approximate surface area is 65.5 Å². The molecule has 0 radical (unpaired) electrons. The molecular formula is C8H11NO2. The minimum Gasteiger partial charge on any atom is -0.337 e. The van der Waals surface area contributed by atoms with Crippen LogP contribution in [-0.4, -0.2) is 10.7 Å². The smallest absolute Gasteiger partial charge is 0.335 e. The van der Waals surface area contributed by atoms with Gasteiger partial charge < -0.3 is 4.84 Å².